The van der Waals surface area contributed by atoms with Gasteiger partial charge in [0.1, 0.15) is 5.75 Å². The van der Waals surface area contributed by atoms with Gasteiger partial charge in [0.2, 0.25) is 0 Å². The Hall–Kier alpha value is -1.26. The number of hydrogen-bond acceptors (Lipinski definition) is 5. The van der Waals surface area contributed by atoms with Crippen LogP contribution in [0.1, 0.15) is 12.8 Å². The number of nitrogens with zero attached hydrogens (tertiary/aromatic N) is 4. The van der Waals surface area contributed by atoms with Gasteiger partial charge in [-0.2, -0.15) is 0 Å². The van der Waals surface area contributed by atoms with Gasteiger partial charge >= 0.3 is 0 Å². The van der Waals surface area contributed by atoms with Gasteiger partial charge in [0.15, 0.2) is 5.96 Å². The second-order valence-electron chi connectivity index (χ2n) is 7.43. The average Bonchev–Trinajstić information content (AvgIpc) is 3.20. The van der Waals surface area contributed by atoms with Gasteiger partial charge in [-0.15, -0.1) is 24.0 Å². The molecule has 0 saturated carbocycles. The highest BCUT2D eigenvalue weighted by Gasteiger charge is 2.25. The number of nitrogens with one attached hydrogen (secondary N) is 1. The first kappa shape index (κ1) is 24.0. The third-order valence-corrected chi connectivity index (χ3v) is 5.79. The highest BCUT2D eigenvalue weighted by molar-refractivity contribution is 14.0. The smallest absolute Gasteiger partial charge is 0.193 e. The number of rotatable bonds is 7. The lowest BCUT2D eigenvalue weighted by Gasteiger charge is -2.38. The van der Waals surface area contributed by atoms with E-state index in [2.05, 4.69) is 43.2 Å². The molecule has 2 heterocycles. The molecule has 2 saturated heterocycles. The summed E-state index contributed by atoms with van der Waals surface area (Å²) in [5.74, 6) is 1.93. The van der Waals surface area contributed by atoms with Gasteiger partial charge < -0.3 is 24.6 Å². The second-order valence-corrected chi connectivity index (χ2v) is 7.43. The fraction of sp³-hybridized carbons (Fsp3) is 0.667. The molecule has 2 fully saturated rings. The number of methoxy groups -OCH3 is 2. The lowest BCUT2D eigenvalue weighted by molar-refractivity contribution is 0.141. The number of halogens is 1. The van der Waals surface area contributed by atoms with Crippen LogP contribution in [0.3, 0.4) is 0 Å². The Labute approximate surface area is 192 Å². The van der Waals surface area contributed by atoms with Crippen LogP contribution in [0.2, 0.25) is 0 Å². The summed E-state index contributed by atoms with van der Waals surface area (Å²) in [6, 6.07) is 8.88. The predicted octanol–water partition coefficient (Wildman–Crippen LogP) is 2.12. The van der Waals surface area contributed by atoms with Crippen LogP contribution < -0.4 is 15.0 Å². The number of anilines is 1. The monoisotopic (exact) mass is 517 g/mol. The number of ether oxygens (including phenoxy) is 2. The van der Waals surface area contributed by atoms with Crippen molar-refractivity contribution in [1.29, 1.82) is 0 Å². The fourth-order valence-corrected chi connectivity index (χ4v) is 4.15. The third-order valence-electron chi connectivity index (χ3n) is 5.79. The van der Waals surface area contributed by atoms with E-state index in [-0.39, 0.29) is 24.0 Å². The van der Waals surface area contributed by atoms with Crippen LogP contribution in [0.15, 0.2) is 29.3 Å². The molecule has 8 heteroatoms. The van der Waals surface area contributed by atoms with Crippen molar-refractivity contribution in [1.82, 2.24) is 15.1 Å². The van der Waals surface area contributed by atoms with Crippen LogP contribution in [0.4, 0.5) is 5.69 Å². The van der Waals surface area contributed by atoms with Gasteiger partial charge in [-0.25, -0.2) is 0 Å². The van der Waals surface area contributed by atoms with Crippen molar-refractivity contribution in [3.63, 3.8) is 0 Å². The minimum atomic E-state index is 0. The van der Waals surface area contributed by atoms with Gasteiger partial charge in [0.05, 0.1) is 13.7 Å². The molecule has 2 aliphatic rings. The van der Waals surface area contributed by atoms with Crippen LogP contribution in [0.25, 0.3) is 0 Å². The molecule has 1 aromatic carbocycles. The number of guanidine groups is 1. The molecule has 29 heavy (non-hydrogen) atoms. The van der Waals surface area contributed by atoms with E-state index >= 15 is 0 Å². The topological polar surface area (TPSA) is 52.6 Å². The number of piperazine rings is 1. The lowest BCUT2D eigenvalue weighted by atomic mass is 10.2. The van der Waals surface area contributed by atoms with Gasteiger partial charge in [0, 0.05) is 71.2 Å². The van der Waals surface area contributed by atoms with Crippen molar-refractivity contribution in [2.45, 2.75) is 18.9 Å². The minimum absolute atomic E-state index is 0. The molecule has 0 radical (unpaired) electrons. The fourth-order valence-electron chi connectivity index (χ4n) is 4.15. The van der Waals surface area contributed by atoms with E-state index in [4.69, 9.17) is 9.47 Å². The summed E-state index contributed by atoms with van der Waals surface area (Å²) < 4.78 is 10.6. The maximum atomic E-state index is 5.36. The standard InChI is InChI=1S/C21H35N5O2.HI/c1-22-21(23-17-19-7-5-9-24(19)14-15-27-2)26-12-10-25(11-13-26)18-6-4-8-20(16-18)28-3;/h4,6,8,16,19H,5,7,9-15,17H2,1-3H3,(H,22,23);1H. The van der Waals surface area contributed by atoms with Crippen molar-refractivity contribution < 1.29 is 9.47 Å². The second kappa shape index (κ2) is 12.4. The Morgan fingerprint density at radius 3 is 2.66 bits per heavy atom. The molecule has 164 valence electrons. The maximum Gasteiger partial charge on any atom is 0.193 e. The lowest BCUT2D eigenvalue weighted by Crippen LogP contribution is -2.54. The summed E-state index contributed by atoms with van der Waals surface area (Å²) in [5, 5.41) is 3.62. The molecule has 0 aromatic heterocycles. The van der Waals surface area contributed by atoms with Crippen molar-refractivity contribution in [2.75, 3.05) is 78.6 Å². The summed E-state index contributed by atoms with van der Waals surface area (Å²) in [4.78, 5) is 11.8. The molecule has 0 spiro atoms. The largest absolute Gasteiger partial charge is 0.497 e. The highest BCUT2D eigenvalue weighted by Crippen LogP contribution is 2.22. The van der Waals surface area contributed by atoms with Crippen molar-refractivity contribution in [3.8, 4) is 5.75 Å². The van der Waals surface area contributed by atoms with Crippen molar-refractivity contribution in [3.05, 3.63) is 24.3 Å². The van der Waals surface area contributed by atoms with E-state index in [9.17, 15) is 0 Å². The summed E-state index contributed by atoms with van der Waals surface area (Å²) >= 11 is 0. The number of hydrogen-bond donors (Lipinski definition) is 1. The molecule has 0 amide bonds. The van der Waals surface area contributed by atoms with E-state index in [1.807, 2.05) is 13.1 Å². The molecule has 1 unspecified atom stereocenters. The minimum Gasteiger partial charge on any atom is -0.497 e. The molecular weight excluding hydrogens is 481 g/mol. The molecule has 0 bridgehead atoms. The molecule has 1 atom stereocenters. The summed E-state index contributed by atoms with van der Waals surface area (Å²) in [6.45, 7) is 7.84. The summed E-state index contributed by atoms with van der Waals surface area (Å²) in [7, 11) is 5.37. The average molecular weight is 517 g/mol. The van der Waals surface area contributed by atoms with E-state index < -0.39 is 0 Å². The van der Waals surface area contributed by atoms with Gasteiger partial charge in [-0.1, -0.05) is 6.07 Å². The molecule has 2 aliphatic heterocycles. The quantitative estimate of drug-likeness (QED) is 0.340. The van der Waals surface area contributed by atoms with Crippen LogP contribution >= 0.6 is 24.0 Å². The molecule has 7 nitrogen and oxygen atoms in total. The van der Waals surface area contributed by atoms with E-state index in [0.717, 1.165) is 57.6 Å². The summed E-state index contributed by atoms with van der Waals surface area (Å²) in [5.41, 5.74) is 1.22. The van der Waals surface area contributed by atoms with E-state index in [0.29, 0.717) is 6.04 Å². The maximum absolute atomic E-state index is 5.36. The van der Waals surface area contributed by atoms with Crippen LogP contribution in [-0.4, -0.2) is 95.5 Å². The molecule has 1 aromatic rings. The molecule has 3 rings (SSSR count). The highest BCUT2D eigenvalue weighted by atomic mass is 127. The van der Waals surface area contributed by atoms with Crippen LogP contribution in [0, 0.1) is 0 Å². The molecular formula is C21H36IN5O2. The van der Waals surface area contributed by atoms with Gasteiger partial charge in [0.25, 0.3) is 0 Å². The number of likely N-dealkylation sites (tertiary alicyclic amines) is 1. The Morgan fingerprint density at radius 1 is 1.17 bits per heavy atom. The zero-order chi connectivity index (χ0) is 19.8. The first-order chi connectivity index (χ1) is 13.7. The SMILES string of the molecule is CN=C(NCC1CCCN1CCOC)N1CCN(c2cccc(OC)c2)CC1.I. The molecule has 0 aliphatic carbocycles. The zero-order valence-electron chi connectivity index (χ0n) is 18.0. The number of aliphatic imine (C=N–C) groups is 1. The third kappa shape index (κ3) is 6.62. The zero-order valence-corrected chi connectivity index (χ0v) is 20.3. The van der Waals surface area contributed by atoms with Crippen molar-refractivity contribution in [2.24, 2.45) is 4.99 Å². The number of benzene rings is 1. The Balaban J connectivity index is 0.00000300. The van der Waals surface area contributed by atoms with Gasteiger partial charge in [-0.3, -0.25) is 9.89 Å². The summed E-state index contributed by atoms with van der Waals surface area (Å²) in [6.07, 6.45) is 2.52. The Morgan fingerprint density at radius 2 is 1.97 bits per heavy atom. The van der Waals surface area contributed by atoms with Gasteiger partial charge in [-0.05, 0) is 31.5 Å². The Kier molecular flexibility index (Phi) is 10.3. The normalized spacial score (nSPS) is 20.5. The Bertz CT molecular complexity index is 637. The van der Waals surface area contributed by atoms with Crippen LogP contribution in [0.5, 0.6) is 5.75 Å². The van der Waals surface area contributed by atoms with Crippen LogP contribution in [-0.2, 0) is 4.74 Å². The van der Waals surface area contributed by atoms with E-state index in [1.54, 1.807) is 14.2 Å². The molecule has 1 N–H and O–H groups in total. The van der Waals surface area contributed by atoms with Crippen molar-refractivity contribution >= 4 is 35.6 Å². The first-order valence-corrected chi connectivity index (χ1v) is 10.3. The first-order valence-electron chi connectivity index (χ1n) is 10.3. The predicted molar refractivity (Wildman–Crippen MR) is 130 cm³/mol. The van der Waals surface area contributed by atoms with E-state index in [1.165, 1.54) is 25.1 Å².